The second-order valence-corrected chi connectivity index (χ2v) is 6.76. The van der Waals surface area contributed by atoms with Crippen LogP contribution in [0.3, 0.4) is 0 Å². The molecule has 2 heterocycles. The van der Waals surface area contributed by atoms with Crippen LogP contribution in [0.5, 0.6) is 5.75 Å². The van der Waals surface area contributed by atoms with E-state index >= 15 is 0 Å². The highest BCUT2D eigenvalue weighted by Crippen LogP contribution is 2.43. The van der Waals surface area contributed by atoms with Gasteiger partial charge in [0.25, 0.3) is 0 Å². The molecule has 4 heteroatoms. The summed E-state index contributed by atoms with van der Waals surface area (Å²) in [6, 6.07) is 5.22. The minimum absolute atomic E-state index is 0.0556. The van der Waals surface area contributed by atoms with Gasteiger partial charge in [0.1, 0.15) is 17.2 Å². The molecule has 0 saturated carbocycles. The van der Waals surface area contributed by atoms with Crippen LogP contribution >= 0.6 is 0 Å². The SMILES string of the molecule is CC(C)N1CCCC2(CC1)CC(N)c1ccc(F)cc1O2. The number of nitrogens with two attached hydrogens (primary N) is 1. The zero-order valence-corrected chi connectivity index (χ0v) is 12.9. The molecule has 1 aromatic carbocycles. The summed E-state index contributed by atoms with van der Waals surface area (Å²) in [5.41, 5.74) is 7.05. The number of halogens is 1. The van der Waals surface area contributed by atoms with Crippen molar-refractivity contribution >= 4 is 0 Å². The lowest BCUT2D eigenvalue weighted by atomic mass is 9.82. The molecule has 1 spiro atoms. The first-order valence-corrected chi connectivity index (χ1v) is 7.97. The van der Waals surface area contributed by atoms with E-state index in [-0.39, 0.29) is 17.5 Å². The predicted octanol–water partition coefficient (Wildman–Crippen LogP) is 3.24. The maximum atomic E-state index is 13.5. The first kappa shape index (κ1) is 14.8. The molecule has 1 fully saturated rings. The third-order valence-corrected chi connectivity index (χ3v) is 4.96. The van der Waals surface area contributed by atoms with Gasteiger partial charge in [-0.25, -0.2) is 4.39 Å². The Morgan fingerprint density at radius 2 is 2.14 bits per heavy atom. The van der Waals surface area contributed by atoms with E-state index in [0.29, 0.717) is 11.8 Å². The third-order valence-electron chi connectivity index (χ3n) is 4.96. The maximum absolute atomic E-state index is 13.5. The van der Waals surface area contributed by atoms with E-state index in [9.17, 15) is 4.39 Å². The average Bonchev–Trinajstić information content (AvgIpc) is 2.61. The van der Waals surface area contributed by atoms with Gasteiger partial charge in [-0.05, 0) is 45.7 Å². The Morgan fingerprint density at radius 1 is 1.33 bits per heavy atom. The molecule has 21 heavy (non-hydrogen) atoms. The Hall–Kier alpha value is -1.13. The standard InChI is InChI=1S/C17H25FN2O/c1-12(2)20-8-3-6-17(7-9-20)11-15(19)14-5-4-13(18)10-16(14)21-17/h4-5,10,12,15H,3,6-9,11,19H2,1-2H3. The lowest BCUT2D eigenvalue weighted by molar-refractivity contribution is 0.0207. The fourth-order valence-electron chi connectivity index (χ4n) is 3.70. The maximum Gasteiger partial charge on any atom is 0.127 e. The molecule has 116 valence electrons. The molecule has 0 amide bonds. The molecule has 0 aliphatic carbocycles. The van der Waals surface area contributed by atoms with E-state index in [1.807, 2.05) is 0 Å². The minimum Gasteiger partial charge on any atom is -0.487 e. The van der Waals surface area contributed by atoms with Gasteiger partial charge in [-0.3, -0.25) is 0 Å². The van der Waals surface area contributed by atoms with E-state index in [4.69, 9.17) is 10.5 Å². The summed E-state index contributed by atoms with van der Waals surface area (Å²) in [4.78, 5) is 2.49. The zero-order chi connectivity index (χ0) is 15.0. The number of fused-ring (bicyclic) bond motifs is 1. The van der Waals surface area contributed by atoms with Crippen LogP contribution < -0.4 is 10.5 Å². The number of ether oxygens (including phenoxy) is 1. The van der Waals surface area contributed by atoms with E-state index in [1.165, 1.54) is 12.1 Å². The lowest BCUT2D eigenvalue weighted by Gasteiger charge is -2.41. The van der Waals surface area contributed by atoms with Crippen LogP contribution in [-0.2, 0) is 0 Å². The lowest BCUT2D eigenvalue weighted by Crippen LogP contribution is -2.44. The summed E-state index contributed by atoms with van der Waals surface area (Å²) in [7, 11) is 0. The first-order valence-electron chi connectivity index (χ1n) is 7.97. The van der Waals surface area contributed by atoms with Gasteiger partial charge in [-0.15, -0.1) is 0 Å². The summed E-state index contributed by atoms with van der Waals surface area (Å²) in [6.07, 6.45) is 3.90. The van der Waals surface area contributed by atoms with Crippen LogP contribution in [0.1, 0.15) is 51.1 Å². The summed E-state index contributed by atoms with van der Waals surface area (Å²) in [5.74, 6) is 0.391. The van der Waals surface area contributed by atoms with Gasteiger partial charge in [-0.2, -0.15) is 0 Å². The highest BCUT2D eigenvalue weighted by atomic mass is 19.1. The molecule has 1 aromatic rings. The first-order chi connectivity index (χ1) is 9.99. The summed E-state index contributed by atoms with van der Waals surface area (Å²) in [5, 5.41) is 0. The zero-order valence-electron chi connectivity index (χ0n) is 12.9. The Kier molecular flexibility index (Phi) is 3.93. The fourth-order valence-corrected chi connectivity index (χ4v) is 3.70. The van der Waals surface area contributed by atoms with Gasteiger partial charge in [0.2, 0.25) is 0 Å². The second kappa shape index (κ2) is 5.58. The van der Waals surface area contributed by atoms with Gasteiger partial charge >= 0.3 is 0 Å². The van der Waals surface area contributed by atoms with Crippen LogP contribution in [-0.4, -0.2) is 29.6 Å². The van der Waals surface area contributed by atoms with Crippen LogP contribution in [0.4, 0.5) is 4.39 Å². The highest BCUT2D eigenvalue weighted by Gasteiger charge is 2.41. The average molecular weight is 292 g/mol. The van der Waals surface area contributed by atoms with Gasteiger partial charge in [0.05, 0.1) is 0 Å². The van der Waals surface area contributed by atoms with Crippen molar-refractivity contribution in [1.29, 1.82) is 0 Å². The predicted molar refractivity (Wildman–Crippen MR) is 81.9 cm³/mol. The van der Waals surface area contributed by atoms with Gasteiger partial charge in [-0.1, -0.05) is 6.07 Å². The highest BCUT2D eigenvalue weighted by molar-refractivity contribution is 5.39. The van der Waals surface area contributed by atoms with Crippen LogP contribution in [0, 0.1) is 5.82 Å². The Balaban J connectivity index is 1.83. The topological polar surface area (TPSA) is 38.5 Å². The molecule has 3 nitrogen and oxygen atoms in total. The second-order valence-electron chi connectivity index (χ2n) is 6.76. The monoisotopic (exact) mass is 292 g/mol. The number of hydrogen-bond donors (Lipinski definition) is 1. The minimum atomic E-state index is -0.254. The van der Waals surface area contributed by atoms with Crippen molar-refractivity contribution in [1.82, 2.24) is 4.90 Å². The van der Waals surface area contributed by atoms with Crippen molar-refractivity contribution in [3.05, 3.63) is 29.6 Å². The molecule has 2 aliphatic rings. The molecule has 0 aromatic heterocycles. The molecular weight excluding hydrogens is 267 g/mol. The number of rotatable bonds is 1. The largest absolute Gasteiger partial charge is 0.487 e. The van der Waals surface area contributed by atoms with Gasteiger partial charge < -0.3 is 15.4 Å². The van der Waals surface area contributed by atoms with E-state index < -0.39 is 0 Å². The van der Waals surface area contributed by atoms with Crippen molar-refractivity contribution in [3.8, 4) is 5.75 Å². The molecule has 3 rings (SSSR count). The van der Waals surface area contributed by atoms with E-state index in [2.05, 4.69) is 18.7 Å². The Labute approximate surface area is 126 Å². The van der Waals surface area contributed by atoms with Crippen LogP contribution in [0.15, 0.2) is 18.2 Å². The number of nitrogens with zero attached hydrogens (tertiary/aromatic N) is 1. The Bertz CT molecular complexity index is 520. The normalized spacial score (nSPS) is 30.0. The number of hydrogen-bond acceptors (Lipinski definition) is 3. The Morgan fingerprint density at radius 3 is 2.90 bits per heavy atom. The molecule has 0 bridgehead atoms. The number of likely N-dealkylation sites (tertiary alicyclic amines) is 1. The quantitative estimate of drug-likeness (QED) is 0.863. The summed E-state index contributed by atoms with van der Waals surface area (Å²) < 4.78 is 19.8. The van der Waals surface area contributed by atoms with Crippen LogP contribution in [0.2, 0.25) is 0 Å². The van der Waals surface area contributed by atoms with E-state index in [1.54, 1.807) is 6.07 Å². The van der Waals surface area contributed by atoms with Crippen LogP contribution in [0.25, 0.3) is 0 Å². The molecule has 0 radical (unpaired) electrons. The molecule has 2 atom stereocenters. The number of benzene rings is 1. The molecule has 2 aliphatic heterocycles. The van der Waals surface area contributed by atoms with Crippen molar-refractivity contribution in [2.45, 2.75) is 57.2 Å². The van der Waals surface area contributed by atoms with Crippen molar-refractivity contribution < 1.29 is 9.13 Å². The summed E-state index contributed by atoms with van der Waals surface area (Å²) >= 11 is 0. The van der Waals surface area contributed by atoms with Gasteiger partial charge in [0, 0.05) is 36.7 Å². The molecule has 2 N–H and O–H groups in total. The smallest absolute Gasteiger partial charge is 0.127 e. The molecular formula is C17H25FN2O. The molecule has 2 unspecified atom stereocenters. The van der Waals surface area contributed by atoms with Gasteiger partial charge in [0.15, 0.2) is 0 Å². The third kappa shape index (κ3) is 2.92. The van der Waals surface area contributed by atoms with Crippen molar-refractivity contribution in [3.63, 3.8) is 0 Å². The fraction of sp³-hybridized carbons (Fsp3) is 0.647. The van der Waals surface area contributed by atoms with Crippen molar-refractivity contribution in [2.24, 2.45) is 5.73 Å². The molecule has 1 saturated heterocycles. The van der Waals surface area contributed by atoms with E-state index in [0.717, 1.165) is 44.3 Å². The van der Waals surface area contributed by atoms with Crippen molar-refractivity contribution in [2.75, 3.05) is 13.1 Å². The summed E-state index contributed by atoms with van der Waals surface area (Å²) in [6.45, 7) is 6.59.